The lowest BCUT2D eigenvalue weighted by molar-refractivity contribution is -0.140. The van der Waals surface area contributed by atoms with Crippen LogP contribution in [0.2, 0.25) is 0 Å². The standard InChI is InChI=1S/C17H21FN4O3/c1-9(2)13(17(24)25)19-16(23)14-20-15(10(3)4)22(21-14)12-8-6-5-7-11(12)18/h5-10,13H,1-4H3,(H,19,23)(H,24,25). The molecule has 1 atom stereocenters. The number of carbonyl (C=O) groups is 2. The summed E-state index contributed by atoms with van der Waals surface area (Å²) in [4.78, 5) is 27.8. The van der Waals surface area contributed by atoms with Gasteiger partial charge in [0.1, 0.15) is 23.4 Å². The molecular weight excluding hydrogens is 327 g/mol. The maximum Gasteiger partial charge on any atom is 0.326 e. The Morgan fingerprint density at radius 3 is 2.36 bits per heavy atom. The molecular formula is C17H21FN4O3. The topological polar surface area (TPSA) is 97.1 Å². The number of amides is 1. The van der Waals surface area contributed by atoms with E-state index >= 15 is 0 Å². The first-order valence-electron chi connectivity index (χ1n) is 7.97. The number of nitrogens with one attached hydrogen (secondary N) is 1. The Morgan fingerprint density at radius 2 is 1.84 bits per heavy atom. The fraction of sp³-hybridized carbons (Fsp3) is 0.412. The number of carboxylic acid groups (broad SMARTS) is 1. The van der Waals surface area contributed by atoms with Crippen molar-refractivity contribution in [2.75, 3.05) is 0 Å². The Kier molecular flexibility index (Phi) is 5.51. The summed E-state index contributed by atoms with van der Waals surface area (Å²) in [5, 5.41) is 15.7. The third kappa shape index (κ3) is 4.01. The maximum atomic E-state index is 14.1. The summed E-state index contributed by atoms with van der Waals surface area (Å²) >= 11 is 0. The molecule has 2 rings (SSSR count). The van der Waals surface area contributed by atoms with Gasteiger partial charge in [-0.3, -0.25) is 4.79 Å². The van der Waals surface area contributed by atoms with E-state index in [2.05, 4.69) is 15.4 Å². The Morgan fingerprint density at radius 1 is 1.20 bits per heavy atom. The van der Waals surface area contributed by atoms with Gasteiger partial charge in [-0.15, -0.1) is 5.10 Å². The molecule has 1 heterocycles. The lowest BCUT2D eigenvalue weighted by atomic mass is 10.0. The van der Waals surface area contributed by atoms with Crippen LogP contribution in [0.5, 0.6) is 0 Å². The summed E-state index contributed by atoms with van der Waals surface area (Å²) in [6.45, 7) is 7.06. The zero-order chi connectivity index (χ0) is 18.7. The van der Waals surface area contributed by atoms with Gasteiger partial charge in [-0.1, -0.05) is 39.8 Å². The molecule has 0 radical (unpaired) electrons. The summed E-state index contributed by atoms with van der Waals surface area (Å²) in [5.41, 5.74) is 0.177. The minimum Gasteiger partial charge on any atom is -0.480 e. The number of rotatable bonds is 6. The molecule has 0 saturated carbocycles. The van der Waals surface area contributed by atoms with Crippen LogP contribution in [0, 0.1) is 11.7 Å². The molecule has 0 bridgehead atoms. The van der Waals surface area contributed by atoms with Crippen LogP contribution in [0.1, 0.15) is 50.1 Å². The van der Waals surface area contributed by atoms with Crippen LogP contribution in [0.15, 0.2) is 24.3 Å². The van der Waals surface area contributed by atoms with Crippen molar-refractivity contribution in [3.05, 3.63) is 41.7 Å². The molecule has 2 N–H and O–H groups in total. The van der Waals surface area contributed by atoms with Crippen molar-refractivity contribution in [1.29, 1.82) is 0 Å². The van der Waals surface area contributed by atoms with Gasteiger partial charge in [-0.05, 0) is 18.1 Å². The number of carboxylic acids is 1. The molecule has 0 aliphatic carbocycles. The molecule has 0 spiro atoms. The van der Waals surface area contributed by atoms with Crippen LogP contribution >= 0.6 is 0 Å². The quantitative estimate of drug-likeness (QED) is 0.835. The van der Waals surface area contributed by atoms with Gasteiger partial charge in [0.2, 0.25) is 5.82 Å². The van der Waals surface area contributed by atoms with E-state index in [0.717, 1.165) is 0 Å². The van der Waals surface area contributed by atoms with E-state index in [0.29, 0.717) is 5.82 Å². The molecule has 1 amide bonds. The first-order valence-corrected chi connectivity index (χ1v) is 7.97. The number of benzene rings is 1. The second-order valence-corrected chi connectivity index (χ2v) is 6.34. The lowest BCUT2D eigenvalue weighted by Crippen LogP contribution is -2.44. The minimum atomic E-state index is -1.14. The second-order valence-electron chi connectivity index (χ2n) is 6.34. The number of para-hydroxylation sites is 1. The first kappa shape index (κ1) is 18.6. The van der Waals surface area contributed by atoms with Crippen LogP contribution in [-0.2, 0) is 4.79 Å². The van der Waals surface area contributed by atoms with E-state index in [1.807, 2.05) is 13.8 Å². The van der Waals surface area contributed by atoms with Gasteiger partial charge in [0.15, 0.2) is 0 Å². The molecule has 1 aromatic heterocycles. The average Bonchev–Trinajstić information content (AvgIpc) is 2.97. The molecule has 7 nitrogen and oxygen atoms in total. The van der Waals surface area contributed by atoms with Gasteiger partial charge in [0, 0.05) is 5.92 Å². The Bertz CT molecular complexity index is 786. The average molecular weight is 348 g/mol. The zero-order valence-corrected chi connectivity index (χ0v) is 14.5. The molecule has 1 aromatic carbocycles. The van der Waals surface area contributed by atoms with E-state index in [1.165, 1.54) is 16.8 Å². The summed E-state index contributed by atoms with van der Waals surface area (Å²) < 4.78 is 15.4. The largest absolute Gasteiger partial charge is 0.480 e. The highest BCUT2D eigenvalue weighted by atomic mass is 19.1. The Balaban J connectivity index is 2.41. The number of halogens is 1. The molecule has 0 aliphatic rings. The predicted octanol–water partition coefficient (Wildman–Crippen LogP) is 2.37. The van der Waals surface area contributed by atoms with Crippen molar-refractivity contribution in [2.45, 2.75) is 39.7 Å². The highest BCUT2D eigenvalue weighted by molar-refractivity contribution is 5.93. The van der Waals surface area contributed by atoms with Crippen LogP contribution in [0.3, 0.4) is 0 Å². The number of aliphatic carboxylic acids is 1. The predicted molar refractivity (Wildman–Crippen MR) is 89.1 cm³/mol. The first-order chi connectivity index (χ1) is 11.7. The fourth-order valence-electron chi connectivity index (χ4n) is 2.31. The van der Waals surface area contributed by atoms with Crippen LogP contribution in [-0.4, -0.2) is 37.8 Å². The normalized spacial score (nSPS) is 12.4. The summed E-state index contributed by atoms with van der Waals surface area (Å²) in [5.74, 6) is -2.55. The van der Waals surface area contributed by atoms with Crippen molar-refractivity contribution in [2.24, 2.45) is 5.92 Å². The van der Waals surface area contributed by atoms with Crippen LogP contribution in [0.25, 0.3) is 5.69 Å². The van der Waals surface area contributed by atoms with Gasteiger partial charge in [0.05, 0.1) is 0 Å². The van der Waals surface area contributed by atoms with E-state index in [9.17, 15) is 19.1 Å². The zero-order valence-electron chi connectivity index (χ0n) is 14.5. The third-order valence-electron chi connectivity index (χ3n) is 3.65. The SMILES string of the molecule is CC(C)c1nc(C(=O)NC(C(=O)O)C(C)C)nn1-c1ccccc1F. The highest BCUT2D eigenvalue weighted by Crippen LogP contribution is 2.19. The van der Waals surface area contributed by atoms with Gasteiger partial charge < -0.3 is 10.4 Å². The smallest absolute Gasteiger partial charge is 0.326 e. The number of aromatic nitrogens is 3. The summed E-state index contributed by atoms with van der Waals surface area (Å²) in [7, 11) is 0. The summed E-state index contributed by atoms with van der Waals surface area (Å²) in [6, 6.07) is 4.98. The van der Waals surface area contributed by atoms with E-state index in [1.54, 1.807) is 26.0 Å². The van der Waals surface area contributed by atoms with E-state index in [4.69, 9.17) is 0 Å². The maximum absolute atomic E-state index is 14.1. The highest BCUT2D eigenvalue weighted by Gasteiger charge is 2.27. The second kappa shape index (κ2) is 7.42. The van der Waals surface area contributed by atoms with Gasteiger partial charge in [-0.2, -0.15) is 0 Å². The van der Waals surface area contributed by atoms with Crippen molar-refractivity contribution < 1.29 is 19.1 Å². The minimum absolute atomic E-state index is 0.117. The molecule has 25 heavy (non-hydrogen) atoms. The van der Waals surface area contributed by atoms with Gasteiger partial charge in [0.25, 0.3) is 5.91 Å². The monoisotopic (exact) mass is 348 g/mol. The number of hydrogen-bond acceptors (Lipinski definition) is 4. The van der Waals surface area contributed by atoms with Gasteiger partial charge in [-0.25, -0.2) is 18.9 Å². The molecule has 0 aliphatic heterocycles. The number of hydrogen-bond donors (Lipinski definition) is 2. The van der Waals surface area contributed by atoms with Crippen molar-refractivity contribution >= 4 is 11.9 Å². The Labute approximate surface area is 144 Å². The van der Waals surface area contributed by atoms with Crippen molar-refractivity contribution in [3.63, 3.8) is 0 Å². The third-order valence-corrected chi connectivity index (χ3v) is 3.65. The number of carbonyl (C=O) groups excluding carboxylic acids is 1. The molecule has 2 aromatic rings. The van der Waals surface area contributed by atoms with Crippen molar-refractivity contribution in [1.82, 2.24) is 20.1 Å². The molecule has 1 unspecified atom stereocenters. The Hall–Kier alpha value is -2.77. The molecule has 8 heteroatoms. The molecule has 0 fully saturated rings. The van der Waals surface area contributed by atoms with E-state index in [-0.39, 0.29) is 23.3 Å². The molecule has 0 saturated heterocycles. The molecule has 134 valence electrons. The van der Waals surface area contributed by atoms with Crippen molar-refractivity contribution in [3.8, 4) is 5.69 Å². The van der Waals surface area contributed by atoms with Crippen LogP contribution in [0.4, 0.5) is 4.39 Å². The fourth-order valence-corrected chi connectivity index (χ4v) is 2.31. The van der Waals surface area contributed by atoms with Gasteiger partial charge >= 0.3 is 5.97 Å². The van der Waals surface area contributed by atoms with E-state index < -0.39 is 23.7 Å². The lowest BCUT2D eigenvalue weighted by Gasteiger charge is -2.16. The van der Waals surface area contributed by atoms with Crippen LogP contribution < -0.4 is 5.32 Å². The number of nitrogens with zero attached hydrogens (tertiary/aromatic N) is 3. The summed E-state index contributed by atoms with van der Waals surface area (Å²) in [6.07, 6.45) is 0.